The van der Waals surface area contributed by atoms with Crippen LogP contribution in [-0.4, -0.2) is 23.8 Å². The molecule has 74 valence electrons. The Balaban J connectivity index is 2.39. The molecule has 1 aliphatic heterocycles. The standard InChI is InChI=1S/C10H16O3/c11-9-5-2-1-3-8-13-10(12)7-4-6-9/h4,7,9,11H,1-3,5-6,8H2. The number of ether oxygens (including phenoxy) is 1. The van der Waals surface area contributed by atoms with Gasteiger partial charge in [-0.2, -0.15) is 0 Å². The predicted molar refractivity (Wildman–Crippen MR) is 49.2 cm³/mol. The lowest BCUT2D eigenvalue weighted by Gasteiger charge is -2.05. The smallest absolute Gasteiger partial charge is 0.330 e. The van der Waals surface area contributed by atoms with Crippen molar-refractivity contribution in [2.24, 2.45) is 0 Å². The molecule has 3 nitrogen and oxygen atoms in total. The molecule has 1 rings (SSSR count). The zero-order chi connectivity index (χ0) is 9.52. The van der Waals surface area contributed by atoms with Crippen LogP contribution in [0.2, 0.25) is 0 Å². The van der Waals surface area contributed by atoms with E-state index in [1.165, 1.54) is 6.08 Å². The summed E-state index contributed by atoms with van der Waals surface area (Å²) in [5, 5.41) is 9.41. The van der Waals surface area contributed by atoms with Gasteiger partial charge in [-0.3, -0.25) is 0 Å². The van der Waals surface area contributed by atoms with Crippen LogP contribution in [0.15, 0.2) is 12.2 Å². The van der Waals surface area contributed by atoms with Crippen molar-refractivity contribution in [2.45, 2.75) is 38.2 Å². The predicted octanol–water partition coefficient (Wildman–Crippen LogP) is 1.41. The molecule has 13 heavy (non-hydrogen) atoms. The van der Waals surface area contributed by atoms with E-state index >= 15 is 0 Å². The van der Waals surface area contributed by atoms with Crippen LogP contribution in [0, 0.1) is 0 Å². The molecule has 0 amide bonds. The normalized spacial score (nSPS) is 26.2. The molecule has 0 aromatic rings. The van der Waals surface area contributed by atoms with Gasteiger partial charge in [0.1, 0.15) is 0 Å². The number of cyclic esters (lactones) is 1. The van der Waals surface area contributed by atoms with Crippen LogP contribution in [0.1, 0.15) is 32.1 Å². The number of hydrogen-bond acceptors (Lipinski definition) is 3. The van der Waals surface area contributed by atoms with Gasteiger partial charge in [0.2, 0.25) is 0 Å². The third-order valence-corrected chi connectivity index (χ3v) is 2.09. The zero-order valence-electron chi connectivity index (χ0n) is 7.74. The molecule has 1 unspecified atom stereocenters. The third kappa shape index (κ3) is 4.68. The summed E-state index contributed by atoms with van der Waals surface area (Å²) >= 11 is 0. The molecular formula is C10H16O3. The van der Waals surface area contributed by atoms with Crippen LogP contribution in [0.3, 0.4) is 0 Å². The Labute approximate surface area is 78.4 Å². The van der Waals surface area contributed by atoms with Crippen molar-refractivity contribution in [1.29, 1.82) is 0 Å². The zero-order valence-corrected chi connectivity index (χ0v) is 7.74. The van der Waals surface area contributed by atoms with Gasteiger partial charge < -0.3 is 9.84 Å². The molecule has 3 heteroatoms. The largest absolute Gasteiger partial charge is 0.463 e. The second kappa shape index (κ2) is 5.75. The Morgan fingerprint density at radius 1 is 1.38 bits per heavy atom. The fourth-order valence-electron chi connectivity index (χ4n) is 1.32. The molecule has 1 heterocycles. The van der Waals surface area contributed by atoms with Crippen LogP contribution < -0.4 is 0 Å². The molecule has 0 radical (unpaired) electrons. The number of rotatable bonds is 0. The van der Waals surface area contributed by atoms with Crippen LogP contribution in [0.4, 0.5) is 0 Å². The maximum Gasteiger partial charge on any atom is 0.330 e. The van der Waals surface area contributed by atoms with Crippen LogP contribution in [0.5, 0.6) is 0 Å². The summed E-state index contributed by atoms with van der Waals surface area (Å²) in [4.78, 5) is 10.9. The van der Waals surface area contributed by atoms with Crippen LogP contribution >= 0.6 is 0 Å². The van der Waals surface area contributed by atoms with E-state index in [1.807, 2.05) is 0 Å². The number of aliphatic hydroxyl groups is 1. The van der Waals surface area contributed by atoms with Gasteiger partial charge in [-0.25, -0.2) is 4.79 Å². The topological polar surface area (TPSA) is 46.5 Å². The Kier molecular flexibility index (Phi) is 4.54. The van der Waals surface area contributed by atoms with E-state index in [9.17, 15) is 9.90 Å². The lowest BCUT2D eigenvalue weighted by Crippen LogP contribution is -2.04. The van der Waals surface area contributed by atoms with Gasteiger partial charge in [0, 0.05) is 6.08 Å². The van der Waals surface area contributed by atoms with Crippen LogP contribution in [-0.2, 0) is 9.53 Å². The van der Waals surface area contributed by atoms with Crippen molar-refractivity contribution < 1.29 is 14.6 Å². The van der Waals surface area contributed by atoms with Gasteiger partial charge in [0.05, 0.1) is 12.7 Å². The van der Waals surface area contributed by atoms with Gasteiger partial charge in [-0.15, -0.1) is 0 Å². The third-order valence-electron chi connectivity index (χ3n) is 2.09. The monoisotopic (exact) mass is 184 g/mol. The SMILES string of the molecule is O=C1C=CCC(O)CCCCCO1. The van der Waals surface area contributed by atoms with E-state index in [-0.39, 0.29) is 12.1 Å². The molecule has 0 aromatic heterocycles. The van der Waals surface area contributed by atoms with Gasteiger partial charge >= 0.3 is 5.97 Å². The Bertz CT molecular complexity index is 187. The molecule has 0 spiro atoms. The van der Waals surface area contributed by atoms with Gasteiger partial charge in [0.15, 0.2) is 0 Å². The molecule has 0 saturated carbocycles. The molecule has 0 aliphatic carbocycles. The quantitative estimate of drug-likeness (QED) is 0.579. The van der Waals surface area contributed by atoms with Crippen LogP contribution in [0.25, 0.3) is 0 Å². The highest BCUT2D eigenvalue weighted by atomic mass is 16.5. The summed E-state index contributed by atoms with van der Waals surface area (Å²) in [5.74, 6) is -0.297. The molecule has 1 aliphatic rings. The first-order chi connectivity index (χ1) is 6.29. The average molecular weight is 184 g/mol. The highest BCUT2D eigenvalue weighted by Crippen LogP contribution is 2.08. The minimum atomic E-state index is -0.304. The van der Waals surface area contributed by atoms with Gasteiger partial charge in [0.25, 0.3) is 0 Å². The van der Waals surface area contributed by atoms with Crippen molar-refractivity contribution in [2.75, 3.05) is 6.61 Å². The van der Waals surface area contributed by atoms with E-state index in [2.05, 4.69) is 0 Å². The van der Waals surface area contributed by atoms with E-state index < -0.39 is 0 Å². The van der Waals surface area contributed by atoms with Gasteiger partial charge in [-0.1, -0.05) is 12.5 Å². The number of hydrogen-bond donors (Lipinski definition) is 1. The second-order valence-corrected chi connectivity index (χ2v) is 3.31. The fraction of sp³-hybridized carbons (Fsp3) is 0.700. The van der Waals surface area contributed by atoms with E-state index in [0.29, 0.717) is 13.0 Å². The van der Waals surface area contributed by atoms with Crippen molar-refractivity contribution in [3.63, 3.8) is 0 Å². The fourth-order valence-corrected chi connectivity index (χ4v) is 1.32. The summed E-state index contributed by atoms with van der Waals surface area (Å²) in [6.45, 7) is 0.499. The molecule has 1 atom stereocenters. The minimum absolute atomic E-state index is 0.297. The first kappa shape index (κ1) is 10.3. The van der Waals surface area contributed by atoms with Crippen molar-refractivity contribution in [1.82, 2.24) is 0 Å². The molecule has 0 aromatic carbocycles. The Hall–Kier alpha value is -0.830. The van der Waals surface area contributed by atoms with Crippen molar-refractivity contribution in [3.8, 4) is 0 Å². The minimum Gasteiger partial charge on any atom is -0.463 e. The first-order valence-electron chi connectivity index (χ1n) is 4.80. The summed E-state index contributed by atoms with van der Waals surface area (Å²) in [5.41, 5.74) is 0. The lowest BCUT2D eigenvalue weighted by atomic mass is 10.1. The number of aliphatic hydroxyl groups excluding tert-OH is 1. The molecular weight excluding hydrogens is 168 g/mol. The van der Waals surface area contributed by atoms with Gasteiger partial charge in [-0.05, 0) is 25.7 Å². The summed E-state index contributed by atoms with van der Waals surface area (Å²) < 4.78 is 4.90. The van der Waals surface area contributed by atoms with E-state index in [1.54, 1.807) is 6.08 Å². The number of carbonyl (C=O) groups excluding carboxylic acids is 1. The highest BCUT2D eigenvalue weighted by molar-refractivity contribution is 5.81. The molecule has 0 bridgehead atoms. The number of carbonyl (C=O) groups is 1. The van der Waals surface area contributed by atoms with Crippen molar-refractivity contribution >= 4 is 5.97 Å². The molecule has 0 fully saturated rings. The molecule has 0 saturated heterocycles. The average Bonchev–Trinajstić information content (AvgIpc) is 2.13. The summed E-state index contributed by atoms with van der Waals surface area (Å²) in [7, 11) is 0. The van der Waals surface area contributed by atoms with E-state index in [0.717, 1.165) is 25.7 Å². The Morgan fingerprint density at radius 3 is 3.08 bits per heavy atom. The maximum absolute atomic E-state index is 10.9. The summed E-state index contributed by atoms with van der Waals surface area (Å²) in [6, 6.07) is 0. The van der Waals surface area contributed by atoms with Crippen molar-refractivity contribution in [3.05, 3.63) is 12.2 Å². The first-order valence-corrected chi connectivity index (χ1v) is 4.80. The maximum atomic E-state index is 10.9. The second-order valence-electron chi connectivity index (χ2n) is 3.31. The number of esters is 1. The lowest BCUT2D eigenvalue weighted by molar-refractivity contribution is -0.137. The Morgan fingerprint density at radius 2 is 2.23 bits per heavy atom. The molecule has 1 N–H and O–H groups in total. The van der Waals surface area contributed by atoms with E-state index in [4.69, 9.17) is 4.74 Å². The summed E-state index contributed by atoms with van der Waals surface area (Å²) in [6.07, 6.45) is 7.06. The highest BCUT2D eigenvalue weighted by Gasteiger charge is 2.04.